The Hall–Kier alpha value is -1.28. The predicted molar refractivity (Wildman–Crippen MR) is 76.2 cm³/mol. The molecule has 1 saturated heterocycles. The van der Waals surface area contributed by atoms with Gasteiger partial charge < -0.3 is 10.5 Å². The molecule has 5 nitrogen and oxygen atoms in total. The third-order valence-corrected chi connectivity index (χ3v) is 5.99. The molecule has 5 heteroatoms. The molecule has 114 valence electrons. The van der Waals surface area contributed by atoms with Gasteiger partial charge in [-0.15, -0.1) is 0 Å². The number of nitrogens with two attached hydrogens (primary N) is 1. The van der Waals surface area contributed by atoms with Crippen molar-refractivity contribution in [1.29, 1.82) is 5.26 Å². The van der Waals surface area contributed by atoms with Gasteiger partial charge in [-0.1, -0.05) is 0 Å². The van der Waals surface area contributed by atoms with Gasteiger partial charge in [0.1, 0.15) is 11.6 Å². The molecule has 5 fully saturated rings. The monoisotopic (exact) mass is 289 g/mol. The summed E-state index contributed by atoms with van der Waals surface area (Å²) in [4.78, 5) is 14.1. The Bertz CT molecular complexity index is 498. The Labute approximate surface area is 125 Å². The Morgan fingerprint density at radius 1 is 1.29 bits per heavy atom. The number of hydrogen-bond donors (Lipinski definition) is 1. The average Bonchev–Trinajstić information content (AvgIpc) is 2.83. The van der Waals surface area contributed by atoms with Gasteiger partial charge in [-0.3, -0.25) is 4.90 Å². The maximum Gasteiger partial charge on any atom is 0.411 e. The molecule has 2 N–H and O–H groups in total. The highest BCUT2D eigenvalue weighted by atomic mass is 16.6. The second-order valence-electron chi connectivity index (χ2n) is 7.85. The highest BCUT2D eigenvalue weighted by molar-refractivity contribution is 5.69. The van der Waals surface area contributed by atoms with Gasteiger partial charge >= 0.3 is 6.09 Å². The lowest BCUT2D eigenvalue weighted by atomic mass is 9.51. The van der Waals surface area contributed by atoms with Crippen molar-refractivity contribution in [2.45, 2.75) is 68.5 Å². The van der Waals surface area contributed by atoms with Crippen LogP contribution in [0.2, 0.25) is 0 Å². The van der Waals surface area contributed by atoms with Gasteiger partial charge in [0.25, 0.3) is 0 Å². The number of hydrogen-bond acceptors (Lipinski definition) is 4. The smallest absolute Gasteiger partial charge is 0.411 e. The van der Waals surface area contributed by atoms with Crippen molar-refractivity contribution < 1.29 is 9.53 Å². The second kappa shape index (κ2) is 4.36. The summed E-state index contributed by atoms with van der Waals surface area (Å²) in [6.45, 7) is 0.647. The molecule has 0 aromatic heterocycles. The van der Waals surface area contributed by atoms with Crippen LogP contribution < -0.4 is 5.73 Å². The molecule has 4 saturated carbocycles. The van der Waals surface area contributed by atoms with Gasteiger partial charge in [0.15, 0.2) is 0 Å². The van der Waals surface area contributed by atoms with Crippen molar-refractivity contribution in [3.8, 4) is 6.07 Å². The standard InChI is InChI=1S/C16H23N3O2/c17-9-13-2-1-3-19(13)14(20)21-16-7-11-4-12(8-16)6-15(18,5-11)10-16/h11-13H,1-8,10,18H2/t11?,12?,13-,15?,16?/m0/s1. The summed E-state index contributed by atoms with van der Waals surface area (Å²) in [5.41, 5.74) is 6.06. The number of amides is 1. The first-order valence-electron chi connectivity index (χ1n) is 8.19. The summed E-state index contributed by atoms with van der Waals surface area (Å²) in [6.07, 6.45) is 7.56. The van der Waals surface area contributed by atoms with E-state index in [-0.39, 0.29) is 23.3 Å². The highest BCUT2D eigenvalue weighted by Gasteiger charge is 2.58. The normalized spacial score (nSPS) is 47.4. The Morgan fingerprint density at radius 3 is 2.62 bits per heavy atom. The summed E-state index contributed by atoms with van der Waals surface area (Å²) in [6, 6.07) is 1.90. The van der Waals surface area contributed by atoms with Crippen LogP contribution in [0, 0.1) is 23.2 Å². The number of ether oxygens (including phenoxy) is 1. The van der Waals surface area contributed by atoms with Crippen LogP contribution in [0.25, 0.3) is 0 Å². The summed E-state index contributed by atoms with van der Waals surface area (Å²) in [5, 5.41) is 9.14. The number of nitriles is 1. The van der Waals surface area contributed by atoms with Crippen molar-refractivity contribution in [2.75, 3.05) is 6.54 Å². The molecule has 21 heavy (non-hydrogen) atoms. The fourth-order valence-corrected chi connectivity index (χ4v) is 5.73. The van der Waals surface area contributed by atoms with Crippen LogP contribution in [0.3, 0.4) is 0 Å². The van der Waals surface area contributed by atoms with Gasteiger partial charge in [0.05, 0.1) is 6.07 Å². The second-order valence-corrected chi connectivity index (χ2v) is 7.85. The van der Waals surface area contributed by atoms with Gasteiger partial charge in [0, 0.05) is 18.5 Å². The van der Waals surface area contributed by atoms with E-state index in [1.54, 1.807) is 4.90 Å². The molecule has 2 unspecified atom stereocenters. The fourth-order valence-electron chi connectivity index (χ4n) is 5.73. The maximum atomic E-state index is 12.5. The molecule has 5 rings (SSSR count). The zero-order valence-electron chi connectivity index (χ0n) is 12.4. The molecule has 0 radical (unpaired) electrons. The third-order valence-electron chi connectivity index (χ3n) is 5.99. The Morgan fingerprint density at radius 2 is 2.00 bits per heavy atom. The lowest BCUT2D eigenvalue weighted by Crippen LogP contribution is -2.64. The summed E-state index contributed by atoms with van der Waals surface area (Å²) in [5.74, 6) is 1.24. The van der Waals surface area contributed by atoms with E-state index >= 15 is 0 Å². The largest absolute Gasteiger partial charge is 0.443 e. The van der Waals surface area contributed by atoms with Crippen LogP contribution in [-0.2, 0) is 4.74 Å². The zero-order chi connectivity index (χ0) is 14.7. The van der Waals surface area contributed by atoms with Gasteiger partial charge in [-0.25, -0.2) is 4.79 Å². The molecule has 0 aromatic carbocycles. The quantitative estimate of drug-likeness (QED) is 0.802. The first-order chi connectivity index (χ1) is 10.0. The summed E-state index contributed by atoms with van der Waals surface area (Å²) >= 11 is 0. The first-order valence-corrected chi connectivity index (χ1v) is 8.19. The molecular weight excluding hydrogens is 266 g/mol. The molecular formula is C16H23N3O2. The number of nitrogens with zero attached hydrogens (tertiary/aromatic N) is 2. The predicted octanol–water partition coefficient (Wildman–Crippen LogP) is 2.16. The molecule has 0 aromatic rings. The lowest BCUT2D eigenvalue weighted by molar-refractivity contribution is -0.141. The molecule has 5 aliphatic rings. The van der Waals surface area contributed by atoms with Crippen molar-refractivity contribution >= 4 is 6.09 Å². The van der Waals surface area contributed by atoms with Gasteiger partial charge in [-0.2, -0.15) is 5.26 Å². The van der Waals surface area contributed by atoms with Gasteiger partial charge in [0.2, 0.25) is 0 Å². The molecule has 1 aliphatic heterocycles. The molecule has 4 aliphatic carbocycles. The third kappa shape index (κ3) is 2.12. The molecule has 0 spiro atoms. The number of rotatable bonds is 1. The van der Waals surface area contributed by atoms with E-state index in [0.717, 1.165) is 44.9 Å². The molecule has 1 heterocycles. The molecule has 1 amide bonds. The minimum atomic E-state index is -0.349. The van der Waals surface area contributed by atoms with Crippen molar-refractivity contribution in [3.63, 3.8) is 0 Å². The fraction of sp³-hybridized carbons (Fsp3) is 0.875. The topological polar surface area (TPSA) is 79.3 Å². The van der Waals surface area contributed by atoms with E-state index in [9.17, 15) is 4.79 Å². The van der Waals surface area contributed by atoms with Crippen molar-refractivity contribution in [2.24, 2.45) is 17.6 Å². The summed E-state index contributed by atoms with van der Waals surface area (Å²) < 4.78 is 5.99. The minimum Gasteiger partial charge on any atom is -0.443 e. The number of likely N-dealkylation sites (tertiary alicyclic amines) is 1. The SMILES string of the molecule is N#C[C@@H]1CCCN1C(=O)OC12CC3CC(CC(N)(C3)C1)C2. The first kappa shape index (κ1) is 13.4. The Kier molecular flexibility index (Phi) is 2.78. The maximum absolute atomic E-state index is 12.5. The van der Waals surface area contributed by atoms with E-state index < -0.39 is 0 Å². The van der Waals surface area contributed by atoms with Crippen LogP contribution in [0.1, 0.15) is 51.4 Å². The van der Waals surface area contributed by atoms with Crippen molar-refractivity contribution in [1.82, 2.24) is 4.90 Å². The van der Waals surface area contributed by atoms with E-state index in [1.807, 2.05) is 0 Å². The van der Waals surface area contributed by atoms with Crippen LogP contribution in [0.15, 0.2) is 0 Å². The molecule has 3 atom stereocenters. The van der Waals surface area contributed by atoms with E-state index in [1.165, 1.54) is 6.42 Å². The van der Waals surface area contributed by atoms with Crippen LogP contribution >= 0.6 is 0 Å². The van der Waals surface area contributed by atoms with E-state index in [4.69, 9.17) is 15.7 Å². The van der Waals surface area contributed by atoms with E-state index in [2.05, 4.69) is 6.07 Å². The number of carbonyl (C=O) groups is 1. The van der Waals surface area contributed by atoms with Crippen LogP contribution in [0.5, 0.6) is 0 Å². The minimum absolute atomic E-state index is 0.121. The van der Waals surface area contributed by atoms with Crippen molar-refractivity contribution in [3.05, 3.63) is 0 Å². The lowest BCUT2D eigenvalue weighted by Gasteiger charge is -2.60. The molecule has 4 bridgehead atoms. The summed E-state index contributed by atoms with van der Waals surface area (Å²) in [7, 11) is 0. The Balaban J connectivity index is 1.52. The van der Waals surface area contributed by atoms with Crippen LogP contribution in [0.4, 0.5) is 4.79 Å². The van der Waals surface area contributed by atoms with Gasteiger partial charge in [-0.05, 0) is 56.8 Å². The van der Waals surface area contributed by atoms with E-state index in [0.29, 0.717) is 18.4 Å². The highest BCUT2D eigenvalue weighted by Crippen LogP contribution is 2.58. The van der Waals surface area contributed by atoms with Crippen LogP contribution in [-0.4, -0.2) is 34.7 Å². The zero-order valence-corrected chi connectivity index (χ0v) is 12.4. The average molecular weight is 289 g/mol. The number of carbonyl (C=O) groups excluding carboxylic acids is 1.